The van der Waals surface area contributed by atoms with E-state index in [-0.39, 0.29) is 5.69 Å². The van der Waals surface area contributed by atoms with Gasteiger partial charge in [-0.2, -0.15) is 13.2 Å². The molecule has 1 aromatic rings. The van der Waals surface area contributed by atoms with Crippen molar-refractivity contribution >= 4 is 23.2 Å². The number of nitrogens with one attached hydrogen (secondary N) is 1. The van der Waals surface area contributed by atoms with Crippen LogP contribution in [-0.4, -0.2) is 17.2 Å². The molecule has 0 saturated carbocycles. The fourth-order valence-corrected chi connectivity index (χ4v) is 1.33. The average Bonchev–Trinajstić information content (AvgIpc) is 2.20. The van der Waals surface area contributed by atoms with E-state index in [1.165, 1.54) is 6.07 Å². The molecule has 0 saturated heterocycles. The zero-order valence-electron chi connectivity index (χ0n) is 9.53. The number of alkyl halides is 5. The minimum Gasteiger partial charge on any atom is -0.322 e. The van der Waals surface area contributed by atoms with Gasteiger partial charge in [-0.25, -0.2) is 4.39 Å². The Bertz CT molecular complexity index is 471. The highest BCUT2D eigenvalue weighted by atomic mass is 35.5. The van der Waals surface area contributed by atoms with Crippen molar-refractivity contribution in [2.75, 3.05) is 5.32 Å². The maximum Gasteiger partial charge on any atom is 0.446 e. The molecule has 0 bridgehead atoms. The molecule has 7 heteroatoms. The number of anilines is 1. The van der Waals surface area contributed by atoms with Gasteiger partial charge in [0.15, 0.2) is 0 Å². The lowest BCUT2D eigenvalue weighted by molar-refractivity contribution is -0.197. The largest absolute Gasteiger partial charge is 0.446 e. The zero-order chi connectivity index (χ0) is 14.1. The van der Waals surface area contributed by atoms with Crippen molar-refractivity contribution in [1.82, 2.24) is 0 Å². The number of aryl methyl sites for hydroxylation is 2. The van der Waals surface area contributed by atoms with Crippen LogP contribution < -0.4 is 5.32 Å². The molecule has 1 unspecified atom stereocenters. The highest BCUT2D eigenvalue weighted by Crippen LogP contribution is 2.38. The molecule has 0 aliphatic carbocycles. The predicted molar refractivity (Wildman–Crippen MR) is 60.3 cm³/mol. The number of carbonyl (C=O) groups excluding carboxylic acids is 1. The number of hydrogen-bond acceptors (Lipinski definition) is 1. The van der Waals surface area contributed by atoms with E-state index in [9.17, 15) is 22.4 Å². The summed E-state index contributed by atoms with van der Waals surface area (Å²) in [5.41, 5.74) is 1.45. The molecule has 0 spiro atoms. The van der Waals surface area contributed by atoms with Gasteiger partial charge in [0, 0.05) is 5.69 Å². The SMILES string of the molecule is Cc1ccc(NC(=O)C(F)(Cl)C(F)(F)F)c(C)c1. The molecule has 1 rings (SSSR count). The molecule has 18 heavy (non-hydrogen) atoms. The topological polar surface area (TPSA) is 29.1 Å². The number of hydrogen-bond donors (Lipinski definition) is 1. The van der Waals surface area contributed by atoms with Gasteiger partial charge in [-0.05, 0) is 25.5 Å². The van der Waals surface area contributed by atoms with Gasteiger partial charge in [0.1, 0.15) is 0 Å². The fraction of sp³-hybridized carbons (Fsp3) is 0.364. The Morgan fingerprint density at radius 2 is 1.78 bits per heavy atom. The molecule has 100 valence electrons. The second kappa shape index (κ2) is 4.76. The standard InChI is InChI=1S/C11H10ClF4NO/c1-6-3-4-8(7(2)5-6)17-9(18)10(12,13)11(14,15)16/h3-5H,1-2H3,(H,17,18). The molecule has 0 fully saturated rings. The van der Waals surface area contributed by atoms with Gasteiger partial charge < -0.3 is 5.32 Å². The first-order valence-electron chi connectivity index (χ1n) is 4.89. The van der Waals surface area contributed by atoms with Gasteiger partial charge in [-0.1, -0.05) is 29.3 Å². The number of benzene rings is 1. The molecule has 0 aromatic heterocycles. The first-order chi connectivity index (χ1) is 8.05. The molecular formula is C11H10ClF4NO. The van der Waals surface area contributed by atoms with Gasteiger partial charge in [-0.15, -0.1) is 0 Å². The van der Waals surface area contributed by atoms with Crippen molar-refractivity contribution in [2.24, 2.45) is 0 Å². The van der Waals surface area contributed by atoms with E-state index in [0.29, 0.717) is 5.56 Å². The van der Waals surface area contributed by atoms with Crippen LogP contribution >= 0.6 is 11.6 Å². The lowest BCUT2D eigenvalue weighted by atomic mass is 10.1. The van der Waals surface area contributed by atoms with Crippen molar-refractivity contribution in [3.8, 4) is 0 Å². The Hall–Kier alpha value is -1.30. The summed E-state index contributed by atoms with van der Waals surface area (Å²) in [6.45, 7) is 3.35. The van der Waals surface area contributed by atoms with Crippen molar-refractivity contribution < 1.29 is 22.4 Å². The molecule has 1 atom stereocenters. The predicted octanol–water partition coefficient (Wildman–Crippen LogP) is 3.71. The molecule has 0 aliphatic heterocycles. The van der Waals surface area contributed by atoms with Crippen LogP contribution in [0.25, 0.3) is 0 Å². The first-order valence-corrected chi connectivity index (χ1v) is 5.27. The third-order valence-corrected chi connectivity index (χ3v) is 2.66. The quantitative estimate of drug-likeness (QED) is 0.651. The summed E-state index contributed by atoms with van der Waals surface area (Å²) in [4.78, 5) is 11.2. The first kappa shape index (κ1) is 14.8. The summed E-state index contributed by atoms with van der Waals surface area (Å²) >= 11 is 4.59. The Morgan fingerprint density at radius 1 is 1.22 bits per heavy atom. The van der Waals surface area contributed by atoms with Gasteiger partial charge in [0.2, 0.25) is 0 Å². The van der Waals surface area contributed by atoms with Gasteiger partial charge in [0.25, 0.3) is 5.91 Å². The molecule has 1 N–H and O–H groups in total. The van der Waals surface area contributed by atoms with Crippen molar-refractivity contribution in [3.63, 3.8) is 0 Å². The number of rotatable bonds is 2. The minimum atomic E-state index is -5.47. The van der Waals surface area contributed by atoms with Crippen LogP contribution in [-0.2, 0) is 4.79 Å². The smallest absolute Gasteiger partial charge is 0.322 e. The molecule has 0 heterocycles. The van der Waals surface area contributed by atoms with Crippen LogP contribution in [0.15, 0.2) is 18.2 Å². The van der Waals surface area contributed by atoms with Crippen LogP contribution in [0.1, 0.15) is 11.1 Å². The molecule has 2 nitrogen and oxygen atoms in total. The Kier molecular flexibility index (Phi) is 3.90. The van der Waals surface area contributed by atoms with E-state index in [2.05, 4.69) is 11.6 Å². The highest BCUT2D eigenvalue weighted by Gasteiger charge is 2.61. The van der Waals surface area contributed by atoms with E-state index in [1.54, 1.807) is 26.0 Å². The maximum absolute atomic E-state index is 13.1. The lowest BCUT2D eigenvalue weighted by Gasteiger charge is -2.20. The summed E-state index contributed by atoms with van der Waals surface area (Å²) < 4.78 is 49.7. The van der Waals surface area contributed by atoms with E-state index in [1.807, 2.05) is 5.32 Å². The summed E-state index contributed by atoms with van der Waals surface area (Å²) in [7, 11) is 0. The minimum absolute atomic E-state index is 0.0810. The number of carbonyl (C=O) groups is 1. The normalized spacial score (nSPS) is 15.1. The van der Waals surface area contributed by atoms with Crippen LogP contribution in [0.4, 0.5) is 23.2 Å². The van der Waals surface area contributed by atoms with Crippen molar-refractivity contribution in [2.45, 2.75) is 25.2 Å². The molecule has 1 amide bonds. The Labute approximate surface area is 106 Å². The maximum atomic E-state index is 13.1. The van der Waals surface area contributed by atoms with Gasteiger partial charge in [-0.3, -0.25) is 4.79 Å². The second-order valence-electron chi connectivity index (χ2n) is 3.84. The molecule has 1 aromatic carbocycles. The second-order valence-corrected chi connectivity index (χ2v) is 4.37. The zero-order valence-corrected chi connectivity index (χ0v) is 10.3. The number of amides is 1. The van der Waals surface area contributed by atoms with E-state index in [4.69, 9.17) is 0 Å². The summed E-state index contributed by atoms with van der Waals surface area (Å²) in [5, 5.41) is -2.62. The molecular weight excluding hydrogens is 274 g/mol. The van der Waals surface area contributed by atoms with Crippen LogP contribution in [0.5, 0.6) is 0 Å². The van der Waals surface area contributed by atoms with Gasteiger partial charge >= 0.3 is 11.3 Å². The third kappa shape index (κ3) is 2.93. The highest BCUT2D eigenvalue weighted by molar-refractivity contribution is 6.36. The summed E-state index contributed by atoms with van der Waals surface area (Å²) in [5.74, 6) is -1.95. The third-order valence-electron chi connectivity index (χ3n) is 2.27. The van der Waals surface area contributed by atoms with E-state index >= 15 is 0 Å². The monoisotopic (exact) mass is 283 g/mol. The lowest BCUT2D eigenvalue weighted by Crippen LogP contribution is -2.46. The number of halogens is 5. The van der Waals surface area contributed by atoms with E-state index in [0.717, 1.165) is 5.56 Å². The van der Waals surface area contributed by atoms with Gasteiger partial charge in [0.05, 0.1) is 0 Å². The Morgan fingerprint density at radius 3 is 2.22 bits per heavy atom. The molecule has 0 radical (unpaired) electrons. The summed E-state index contributed by atoms with van der Waals surface area (Å²) in [6.07, 6.45) is -5.47. The van der Waals surface area contributed by atoms with Crippen LogP contribution in [0.3, 0.4) is 0 Å². The summed E-state index contributed by atoms with van der Waals surface area (Å²) in [6, 6.07) is 4.59. The average molecular weight is 284 g/mol. The molecule has 0 aliphatic rings. The van der Waals surface area contributed by atoms with Crippen molar-refractivity contribution in [1.29, 1.82) is 0 Å². The fourth-order valence-electron chi connectivity index (χ4n) is 1.28. The van der Waals surface area contributed by atoms with E-state index < -0.39 is 17.2 Å². The van der Waals surface area contributed by atoms with Crippen LogP contribution in [0, 0.1) is 13.8 Å². The van der Waals surface area contributed by atoms with Crippen LogP contribution in [0.2, 0.25) is 0 Å². The van der Waals surface area contributed by atoms with Crippen molar-refractivity contribution in [3.05, 3.63) is 29.3 Å². The Balaban J connectivity index is 2.95.